The van der Waals surface area contributed by atoms with Gasteiger partial charge in [0.1, 0.15) is 5.75 Å². The minimum atomic E-state index is 0.308. The molecule has 4 rings (SSSR count). The van der Waals surface area contributed by atoms with E-state index in [0.717, 1.165) is 36.5 Å². The Morgan fingerprint density at radius 1 is 1.23 bits per heavy atom. The quantitative estimate of drug-likeness (QED) is 0.856. The summed E-state index contributed by atoms with van der Waals surface area (Å²) >= 11 is 0. The Balaban J connectivity index is 1.56. The van der Waals surface area contributed by atoms with Crippen LogP contribution in [0.5, 0.6) is 5.75 Å². The van der Waals surface area contributed by atoms with Crippen LogP contribution in [-0.4, -0.2) is 43.4 Å². The van der Waals surface area contributed by atoms with E-state index in [-0.39, 0.29) is 0 Å². The number of aliphatic hydroxyl groups excluding tert-OH is 1. The molecule has 3 heteroatoms. The molecule has 26 heavy (non-hydrogen) atoms. The Morgan fingerprint density at radius 2 is 2.08 bits per heavy atom. The zero-order valence-corrected chi connectivity index (χ0v) is 16.7. The van der Waals surface area contributed by atoms with E-state index in [0.29, 0.717) is 18.1 Å². The fourth-order valence-corrected chi connectivity index (χ4v) is 6.86. The lowest BCUT2D eigenvalue weighted by Gasteiger charge is -2.52. The van der Waals surface area contributed by atoms with Crippen LogP contribution < -0.4 is 4.74 Å². The molecule has 0 amide bonds. The maximum absolute atomic E-state index is 9.20. The minimum absolute atomic E-state index is 0.308. The van der Waals surface area contributed by atoms with Crippen LogP contribution >= 0.6 is 0 Å². The molecule has 5 atom stereocenters. The summed E-state index contributed by atoms with van der Waals surface area (Å²) in [6, 6.07) is 7.49. The van der Waals surface area contributed by atoms with Gasteiger partial charge in [-0.3, -0.25) is 0 Å². The number of ether oxygens (including phenoxy) is 1. The largest absolute Gasteiger partial charge is 0.497 e. The van der Waals surface area contributed by atoms with Crippen LogP contribution in [-0.2, 0) is 6.42 Å². The molecule has 3 aliphatic carbocycles. The van der Waals surface area contributed by atoms with Crippen molar-refractivity contribution in [1.29, 1.82) is 0 Å². The summed E-state index contributed by atoms with van der Waals surface area (Å²) in [5, 5.41) is 9.20. The van der Waals surface area contributed by atoms with Crippen LogP contribution in [0.1, 0.15) is 62.5 Å². The summed E-state index contributed by atoms with van der Waals surface area (Å²) in [4.78, 5) is 2.55. The predicted molar refractivity (Wildman–Crippen MR) is 106 cm³/mol. The number of hydrogen-bond donors (Lipinski definition) is 1. The highest BCUT2D eigenvalue weighted by atomic mass is 16.5. The zero-order valence-electron chi connectivity index (χ0n) is 16.7. The molecule has 0 unspecified atom stereocenters. The Morgan fingerprint density at radius 3 is 2.85 bits per heavy atom. The number of fused-ring (bicyclic) bond motifs is 5. The van der Waals surface area contributed by atoms with Gasteiger partial charge >= 0.3 is 0 Å². The van der Waals surface area contributed by atoms with Crippen molar-refractivity contribution in [2.45, 2.75) is 63.8 Å². The SMILES string of the molecule is COc1ccc2c(c1)CC[C@@H]1[C@@H]2CC[C@]2(C)[C@@H](N(C)CCCO)CC[C@@H]12. The third-order valence-corrected chi connectivity index (χ3v) is 8.08. The second-order valence-electron chi connectivity index (χ2n) is 9.18. The molecule has 3 nitrogen and oxygen atoms in total. The first-order valence-corrected chi connectivity index (χ1v) is 10.6. The zero-order chi connectivity index (χ0) is 18.3. The maximum atomic E-state index is 9.20. The van der Waals surface area contributed by atoms with Crippen LogP contribution in [0.4, 0.5) is 0 Å². The van der Waals surface area contributed by atoms with Crippen molar-refractivity contribution in [2.24, 2.45) is 17.3 Å². The van der Waals surface area contributed by atoms with Crippen LogP contribution in [0.15, 0.2) is 18.2 Å². The van der Waals surface area contributed by atoms with Gasteiger partial charge in [-0.2, -0.15) is 0 Å². The van der Waals surface area contributed by atoms with Gasteiger partial charge in [0.05, 0.1) is 7.11 Å². The molecule has 0 radical (unpaired) electrons. The van der Waals surface area contributed by atoms with Crippen molar-refractivity contribution >= 4 is 0 Å². The van der Waals surface area contributed by atoms with Crippen LogP contribution in [0.3, 0.4) is 0 Å². The molecule has 0 spiro atoms. The first-order valence-electron chi connectivity index (χ1n) is 10.6. The van der Waals surface area contributed by atoms with Crippen molar-refractivity contribution in [2.75, 3.05) is 27.3 Å². The van der Waals surface area contributed by atoms with Gasteiger partial charge in [0.15, 0.2) is 0 Å². The number of aryl methyl sites for hydroxylation is 1. The fourth-order valence-electron chi connectivity index (χ4n) is 6.86. The minimum Gasteiger partial charge on any atom is -0.497 e. The van der Waals surface area contributed by atoms with Crippen molar-refractivity contribution < 1.29 is 9.84 Å². The van der Waals surface area contributed by atoms with Crippen molar-refractivity contribution in [3.8, 4) is 5.75 Å². The van der Waals surface area contributed by atoms with E-state index < -0.39 is 0 Å². The third kappa shape index (κ3) is 2.88. The predicted octanol–water partition coefficient (Wildman–Crippen LogP) is 4.23. The summed E-state index contributed by atoms with van der Waals surface area (Å²) in [6.45, 7) is 3.91. The standard InChI is InChI=1S/C23H35NO2/c1-23-12-11-19-18-8-6-17(26-3)15-16(18)5-7-20(19)21(23)9-10-22(23)24(2)13-4-14-25/h6,8,15,19-22,25H,4-5,7,9-14H2,1-3H3/t19-,20-,21+,22+,23+/m1/s1. The van der Waals surface area contributed by atoms with Gasteiger partial charge in [-0.1, -0.05) is 13.0 Å². The maximum Gasteiger partial charge on any atom is 0.119 e. The van der Waals surface area contributed by atoms with E-state index in [2.05, 4.69) is 37.1 Å². The van der Waals surface area contributed by atoms with Crippen LogP contribution in [0.2, 0.25) is 0 Å². The number of benzene rings is 1. The van der Waals surface area contributed by atoms with Crippen molar-refractivity contribution in [3.63, 3.8) is 0 Å². The highest BCUT2D eigenvalue weighted by molar-refractivity contribution is 5.40. The highest BCUT2D eigenvalue weighted by Gasteiger charge is 2.55. The summed E-state index contributed by atoms with van der Waals surface area (Å²) < 4.78 is 5.45. The third-order valence-electron chi connectivity index (χ3n) is 8.08. The fraction of sp³-hybridized carbons (Fsp3) is 0.739. The van der Waals surface area contributed by atoms with E-state index in [4.69, 9.17) is 4.74 Å². The Hall–Kier alpha value is -1.06. The van der Waals surface area contributed by atoms with Gasteiger partial charge in [-0.25, -0.2) is 0 Å². The van der Waals surface area contributed by atoms with E-state index in [1.807, 2.05) is 0 Å². The van der Waals surface area contributed by atoms with Crippen molar-refractivity contribution in [3.05, 3.63) is 29.3 Å². The summed E-state index contributed by atoms with van der Waals surface area (Å²) in [6.07, 6.45) is 8.86. The Kier molecular flexibility index (Phi) is 5.04. The lowest BCUT2D eigenvalue weighted by molar-refractivity contribution is 0.00632. The van der Waals surface area contributed by atoms with Gasteiger partial charge < -0.3 is 14.7 Å². The van der Waals surface area contributed by atoms with Gasteiger partial charge in [0.2, 0.25) is 0 Å². The number of hydrogen-bond acceptors (Lipinski definition) is 3. The lowest BCUT2D eigenvalue weighted by Crippen LogP contribution is -2.49. The molecule has 0 saturated heterocycles. The molecule has 1 aromatic carbocycles. The van der Waals surface area contributed by atoms with E-state index in [1.165, 1.54) is 44.1 Å². The van der Waals surface area contributed by atoms with Gasteiger partial charge in [0, 0.05) is 19.2 Å². The molecule has 0 aliphatic heterocycles. The van der Waals surface area contributed by atoms with Crippen molar-refractivity contribution in [1.82, 2.24) is 4.90 Å². The molecular formula is C23H35NO2. The van der Waals surface area contributed by atoms with E-state index in [9.17, 15) is 5.11 Å². The van der Waals surface area contributed by atoms with E-state index in [1.54, 1.807) is 12.7 Å². The highest BCUT2D eigenvalue weighted by Crippen LogP contribution is 2.61. The summed E-state index contributed by atoms with van der Waals surface area (Å²) in [5.41, 5.74) is 3.60. The number of aliphatic hydroxyl groups is 1. The topological polar surface area (TPSA) is 32.7 Å². The number of rotatable bonds is 5. The monoisotopic (exact) mass is 357 g/mol. The number of methoxy groups -OCH3 is 1. The number of nitrogens with zero attached hydrogens (tertiary/aromatic N) is 1. The summed E-state index contributed by atoms with van der Waals surface area (Å²) in [7, 11) is 4.05. The molecule has 2 fully saturated rings. The first-order chi connectivity index (χ1) is 12.6. The molecular weight excluding hydrogens is 322 g/mol. The second kappa shape index (κ2) is 7.16. The van der Waals surface area contributed by atoms with Gasteiger partial charge in [-0.05, 0) is 98.4 Å². The van der Waals surface area contributed by atoms with E-state index >= 15 is 0 Å². The van der Waals surface area contributed by atoms with Gasteiger partial charge in [0.25, 0.3) is 0 Å². The first kappa shape index (κ1) is 18.3. The average Bonchev–Trinajstić information content (AvgIpc) is 3.02. The molecule has 0 bridgehead atoms. The smallest absolute Gasteiger partial charge is 0.119 e. The Labute approximate surface area is 158 Å². The molecule has 2 saturated carbocycles. The molecule has 0 aromatic heterocycles. The molecule has 0 heterocycles. The lowest BCUT2D eigenvalue weighted by atomic mass is 9.55. The van der Waals surface area contributed by atoms with Crippen LogP contribution in [0.25, 0.3) is 0 Å². The molecule has 1 N–H and O–H groups in total. The van der Waals surface area contributed by atoms with Crippen LogP contribution in [0, 0.1) is 17.3 Å². The van der Waals surface area contributed by atoms with Gasteiger partial charge in [-0.15, -0.1) is 0 Å². The summed E-state index contributed by atoms with van der Waals surface area (Å²) in [5.74, 6) is 3.47. The molecule has 3 aliphatic rings. The normalized spacial score (nSPS) is 35.7. The average molecular weight is 358 g/mol. The molecule has 1 aromatic rings. The Bertz CT molecular complexity index is 645. The molecule has 144 valence electrons. The second-order valence-corrected chi connectivity index (χ2v) is 9.18.